The van der Waals surface area contributed by atoms with Gasteiger partial charge in [-0.1, -0.05) is 87.6 Å². The molecule has 1 aliphatic heterocycles. The van der Waals surface area contributed by atoms with Gasteiger partial charge in [0.25, 0.3) is 5.91 Å². The van der Waals surface area contributed by atoms with Gasteiger partial charge in [0.1, 0.15) is 5.75 Å². The molecule has 1 saturated heterocycles. The largest absolute Gasteiger partial charge is 0.494 e. The van der Waals surface area contributed by atoms with Crippen molar-refractivity contribution in [2.24, 2.45) is 4.99 Å². The zero-order valence-electron chi connectivity index (χ0n) is 20.2. The van der Waals surface area contributed by atoms with Crippen molar-refractivity contribution >= 4 is 40.3 Å². The molecule has 1 amide bonds. The van der Waals surface area contributed by atoms with Crippen molar-refractivity contribution in [1.82, 2.24) is 0 Å². The molecule has 0 unspecified atom stereocenters. The number of carbonyl (C=O) groups excluding carboxylic acids is 1. The Morgan fingerprint density at radius 3 is 2.20 bits per heavy atom. The van der Waals surface area contributed by atoms with Gasteiger partial charge in [-0.25, -0.2) is 4.99 Å². The molecule has 4 nitrogen and oxygen atoms in total. The Labute approximate surface area is 212 Å². The van der Waals surface area contributed by atoms with Crippen LogP contribution in [0.15, 0.2) is 94.8 Å². The summed E-state index contributed by atoms with van der Waals surface area (Å²) >= 11 is 1.40. The van der Waals surface area contributed by atoms with Gasteiger partial charge < -0.3 is 4.74 Å². The molecule has 0 bridgehead atoms. The molecule has 4 rings (SSSR count). The van der Waals surface area contributed by atoms with Gasteiger partial charge in [-0.3, -0.25) is 9.69 Å². The van der Waals surface area contributed by atoms with Crippen molar-refractivity contribution in [2.45, 2.75) is 45.4 Å². The van der Waals surface area contributed by atoms with Crippen LogP contribution < -0.4 is 9.64 Å². The summed E-state index contributed by atoms with van der Waals surface area (Å²) in [7, 11) is 0. The van der Waals surface area contributed by atoms with Crippen LogP contribution in [0.25, 0.3) is 6.08 Å². The zero-order valence-corrected chi connectivity index (χ0v) is 21.0. The zero-order chi connectivity index (χ0) is 24.3. The summed E-state index contributed by atoms with van der Waals surface area (Å²) in [6.45, 7) is 2.98. The van der Waals surface area contributed by atoms with Crippen molar-refractivity contribution in [3.8, 4) is 5.75 Å². The number of rotatable bonds is 11. The molecule has 35 heavy (non-hydrogen) atoms. The van der Waals surface area contributed by atoms with E-state index in [4.69, 9.17) is 9.73 Å². The number of amidine groups is 1. The van der Waals surface area contributed by atoms with Crippen molar-refractivity contribution in [3.63, 3.8) is 0 Å². The van der Waals surface area contributed by atoms with Crippen LogP contribution in [0.3, 0.4) is 0 Å². The molecule has 1 heterocycles. The molecule has 0 N–H and O–H groups in total. The molecule has 180 valence electrons. The van der Waals surface area contributed by atoms with Gasteiger partial charge >= 0.3 is 0 Å². The van der Waals surface area contributed by atoms with Crippen molar-refractivity contribution < 1.29 is 9.53 Å². The average Bonchev–Trinajstić information content (AvgIpc) is 3.19. The summed E-state index contributed by atoms with van der Waals surface area (Å²) in [6, 6.07) is 27.3. The highest BCUT2D eigenvalue weighted by Crippen LogP contribution is 2.37. The van der Waals surface area contributed by atoms with Crippen LogP contribution in [-0.4, -0.2) is 17.7 Å². The first kappa shape index (κ1) is 24.8. The van der Waals surface area contributed by atoms with Crippen molar-refractivity contribution in [1.29, 1.82) is 0 Å². The number of thioether (sulfide) groups is 1. The number of anilines is 1. The van der Waals surface area contributed by atoms with Crippen LogP contribution in [0.5, 0.6) is 5.75 Å². The van der Waals surface area contributed by atoms with Crippen LogP contribution in [0, 0.1) is 0 Å². The minimum Gasteiger partial charge on any atom is -0.494 e. The van der Waals surface area contributed by atoms with Gasteiger partial charge in [-0.05, 0) is 66.2 Å². The van der Waals surface area contributed by atoms with Gasteiger partial charge in [-0.15, -0.1) is 0 Å². The number of carbonyl (C=O) groups is 1. The lowest BCUT2D eigenvalue weighted by Crippen LogP contribution is -2.28. The number of nitrogens with zero attached hydrogens (tertiary/aromatic N) is 2. The number of benzene rings is 3. The molecular formula is C30H32N2O2S. The summed E-state index contributed by atoms with van der Waals surface area (Å²) in [6.07, 6.45) is 9.42. The first-order valence-corrected chi connectivity index (χ1v) is 13.2. The number of aliphatic imine (C=N–C) groups is 1. The number of hydrogen-bond acceptors (Lipinski definition) is 4. The molecular weight excluding hydrogens is 452 g/mol. The third kappa shape index (κ3) is 7.09. The molecule has 0 aromatic heterocycles. The molecule has 5 heteroatoms. The van der Waals surface area contributed by atoms with E-state index in [9.17, 15) is 4.79 Å². The molecule has 1 aliphatic rings. The van der Waals surface area contributed by atoms with E-state index in [2.05, 4.69) is 6.92 Å². The van der Waals surface area contributed by atoms with Crippen LogP contribution >= 0.6 is 11.8 Å². The maximum atomic E-state index is 13.4. The molecule has 0 spiro atoms. The first-order valence-electron chi connectivity index (χ1n) is 12.4. The molecule has 0 saturated carbocycles. The first-order chi connectivity index (χ1) is 17.2. The number of hydrogen-bond donors (Lipinski definition) is 0. The van der Waals surface area contributed by atoms with E-state index >= 15 is 0 Å². The lowest BCUT2D eigenvalue weighted by atomic mass is 10.1. The Morgan fingerprint density at radius 1 is 0.829 bits per heavy atom. The summed E-state index contributed by atoms with van der Waals surface area (Å²) in [5.74, 6) is 0.794. The van der Waals surface area contributed by atoms with Crippen LogP contribution in [0.4, 0.5) is 11.4 Å². The minimum absolute atomic E-state index is 0.0701. The second-order valence-corrected chi connectivity index (χ2v) is 9.51. The fourth-order valence-corrected chi connectivity index (χ4v) is 4.85. The lowest BCUT2D eigenvalue weighted by molar-refractivity contribution is -0.113. The van der Waals surface area contributed by atoms with Gasteiger partial charge in [0, 0.05) is 0 Å². The maximum absolute atomic E-state index is 13.4. The van der Waals surface area contributed by atoms with E-state index in [0.29, 0.717) is 10.1 Å². The van der Waals surface area contributed by atoms with E-state index < -0.39 is 0 Å². The number of para-hydroxylation sites is 2. The number of ether oxygens (including phenoxy) is 1. The normalized spacial score (nSPS) is 15.8. The summed E-state index contributed by atoms with van der Waals surface area (Å²) < 4.78 is 5.90. The summed E-state index contributed by atoms with van der Waals surface area (Å²) in [5.41, 5.74) is 2.58. The van der Waals surface area contributed by atoms with Crippen molar-refractivity contribution in [2.75, 3.05) is 11.5 Å². The third-order valence-corrected chi connectivity index (χ3v) is 6.72. The van der Waals surface area contributed by atoms with Gasteiger partial charge in [0.2, 0.25) is 0 Å². The number of unbranched alkanes of at least 4 members (excludes halogenated alkanes) is 5. The Morgan fingerprint density at radius 2 is 1.49 bits per heavy atom. The standard InChI is InChI=1S/C30H32N2O2S/c1-2-3-4-5-6-13-22-34-27-20-18-24(19-21-27)23-28-29(33)32(26-16-11-8-12-17-26)30(35-28)31-25-14-9-7-10-15-25/h7-12,14-21,23H,2-6,13,22H2,1H3/b28-23+,31-30?. The Balaban J connectivity index is 1.44. The molecule has 1 fully saturated rings. The van der Waals surface area contributed by atoms with Crippen LogP contribution in [-0.2, 0) is 4.79 Å². The van der Waals surface area contributed by atoms with E-state index in [1.165, 1.54) is 43.9 Å². The SMILES string of the molecule is CCCCCCCCOc1ccc(/C=C2/SC(=Nc3ccccc3)N(c3ccccc3)C2=O)cc1. The summed E-state index contributed by atoms with van der Waals surface area (Å²) in [4.78, 5) is 20.5. The molecule has 3 aromatic rings. The predicted octanol–water partition coefficient (Wildman–Crippen LogP) is 8.23. The highest BCUT2D eigenvalue weighted by atomic mass is 32.2. The smallest absolute Gasteiger partial charge is 0.271 e. The van der Waals surface area contributed by atoms with E-state index in [-0.39, 0.29) is 5.91 Å². The quantitative estimate of drug-likeness (QED) is 0.203. The minimum atomic E-state index is -0.0701. The van der Waals surface area contributed by atoms with Crippen LogP contribution in [0.1, 0.15) is 51.0 Å². The molecule has 0 radical (unpaired) electrons. The Hall–Kier alpha value is -3.31. The van der Waals surface area contributed by atoms with Crippen molar-refractivity contribution in [3.05, 3.63) is 95.4 Å². The maximum Gasteiger partial charge on any atom is 0.271 e. The van der Waals surface area contributed by atoms with E-state index in [1.54, 1.807) is 4.90 Å². The molecule has 0 atom stereocenters. The highest BCUT2D eigenvalue weighted by molar-refractivity contribution is 8.19. The van der Waals surface area contributed by atoms with Gasteiger partial charge in [-0.2, -0.15) is 0 Å². The highest BCUT2D eigenvalue weighted by Gasteiger charge is 2.34. The fraction of sp³-hybridized carbons (Fsp3) is 0.267. The second-order valence-electron chi connectivity index (χ2n) is 8.50. The average molecular weight is 485 g/mol. The van der Waals surface area contributed by atoms with E-state index in [1.807, 2.05) is 91.0 Å². The fourth-order valence-electron chi connectivity index (χ4n) is 3.85. The van der Waals surface area contributed by atoms with Gasteiger partial charge in [0.05, 0.1) is 22.9 Å². The predicted molar refractivity (Wildman–Crippen MR) is 148 cm³/mol. The number of amides is 1. The van der Waals surface area contributed by atoms with Crippen LogP contribution in [0.2, 0.25) is 0 Å². The van der Waals surface area contributed by atoms with Gasteiger partial charge in [0.15, 0.2) is 5.17 Å². The van der Waals surface area contributed by atoms with E-state index in [0.717, 1.165) is 35.7 Å². The molecule has 0 aliphatic carbocycles. The molecule has 3 aromatic carbocycles. The second kappa shape index (κ2) is 13.0. The monoisotopic (exact) mass is 484 g/mol. The topological polar surface area (TPSA) is 41.9 Å². The third-order valence-electron chi connectivity index (χ3n) is 5.75. The Kier molecular flexibility index (Phi) is 9.18. The lowest BCUT2D eigenvalue weighted by Gasteiger charge is -2.15. The Bertz CT molecular complexity index is 1140. The summed E-state index contributed by atoms with van der Waals surface area (Å²) in [5, 5.41) is 0.651.